The first kappa shape index (κ1) is 15.1. The molecule has 1 saturated heterocycles. The average Bonchev–Trinajstić information content (AvgIpc) is 2.94. The highest BCUT2D eigenvalue weighted by atomic mass is 32.1. The van der Waals surface area contributed by atoms with Crippen LogP contribution in [-0.2, 0) is 6.54 Å². The van der Waals surface area contributed by atoms with E-state index in [4.69, 9.17) is 10.5 Å². The second-order valence-electron chi connectivity index (χ2n) is 5.25. The number of nitrogens with two attached hydrogens (primary N) is 1. The fourth-order valence-corrected chi connectivity index (χ4v) is 3.35. The Morgan fingerprint density at radius 3 is 2.73 bits per heavy atom. The normalized spacial score (nSPS) is 16.0. The fourth-order valence-electron chi connectivity index (χ4n) is 2.63. The van der Waals surface area contributed by atoms with Crippen LogP contribution in [0.15, 0.2) is 24.4 Å². The van der Waals surface area contributed by atoms with Crippen LogP contribution in [0, 0.1) is 5.82 Å². The Morgan fingerprint density at radius 1 is 1.32 bits per heavy atom. The van der Waals surface area contributed by atoms with Crippen LogP contribution in [0.25, 0.3) is 0 Å². The number of nitrogens with zero attached hydrogens (tertiary/aromatic N) is 3. The molecule has 0 amide bonds. The predicted octanol–water partition coefficient (Wildman–Crippen LogP) is 2.20. The lowest BCUT2D eigenvalue weighted by atomic mass is 10.2. The summed E-state index contributed by atoms with van der Waals surface area (Å²) in [6, 6.07) is 5.02. The zero-order valence-corrected chi connectivity index (χ0v) is 13.3. The highest BCUT2D eigenvalue weighted by Gasteiger charge is 2.19. The maximum atomic E-state index is 13.5. The molecule has 2 N–H and O–H groups in total. The summed E-state index contributed by atoms with van der Waals surface area (Å²) in [5, 5.41) is 0.618. The summed E-state index contributed by atoms with van der Waals surface area (Å²) in [4.78, 5) is 9.90. The van der Waals surface area contributed by atoms with Crippen LogP contribution in [0.1, 0.15) is 4.88 Å². The Hall–Kier alpha value is -1.86. The van der Waals surface area contributed by atoms with Gasteiger partial charge >= 0.3 is 0 Å². The number of benzene rings is 1. The van der Waals surface area contributed by atoms with Crippen molar-refractivity contribution in [2.45, 2.75) is 6.54 Å². The standard InChI is InChI=1S/C15H19FN4OS/c1-21-14-8-11(2-3-13(14)16)20-6-4-19(5-7-20)10-12-9-18-15(17)22-12/h2-3,8-9H,4-7,10H2,1H3,(H2,17,18). The monoisotopic (exact) mass is 322 g/mol. The molecule has 0 spiro atoms. The Bertz CT molecular complexity index is 640. The van der Waals surface area contributed by atoms with Crippen molar-refractivity contribution >= 4 is 22.2 Å². The Labute approximate surface area is 133 Å². The number of methoxy groups -OCH3 is 1. The summed E-state index contributed by atoms with van der Waals surface area (Å²) < 4.78 is 18.5. The number of hydrogen-bond acceptors (Lipinski definition) is 6. The second kappa shape index (κ2) is 6.50. The molecule has 0 unspecified atom stereocenters. The van der Waals surface area contributed by atoms with Crippen LogP contribution in [0.2, 0.25) is 0 Å². The van der Waals surface area contributed by atoms with Gasteiger partial charge in [0.2, 0.25) is 0 Å². The van der Waals surface area contributed by atoms with Crippen LogP contribution in [-0.4, -0.2) is 43.2 Å². The summed E-state index contributed by atoms with van der Waals surface area (Å²) in [6.45, 7) is 4.61. The van der Waals surface area contributed by atoms with Crippen molar-refractivity contribution in [1.82, 2.24) is 9.88 Å². The molecule has 1 aliphatic rings. The third kappa shape index (κ3) is 3.31. The van der Waals surface area contributed by atoms with Gasteiger partial charge in [0.05, 0.1) is 7.11 Å². The highest BCUT2D eigenvalue weighted by molar-refractivity contribution is 7.15. The number of nitrogen functional groups attached to an aromatic ring is 1. The van der Waals surface area contributed by atoms with E-state index in [-0.39, 0.29) is 5.82 Å². The van der Waals surface area contributed by atoms with Crippen LogP contribution in [0.5, 0.6) is 5.75 Å². The van der Waals surface area contributed by atoms with Gasteiger partial charge in [0.25, 0.3) is 0 Å². The van der Waals surface area contributed by atoms with Crippen molar-refractivity contribution < 1.29 is 9.13 Å². The fraction of sp³-hybridized carbons (Fsp3) is 0.400. The molecule has 7 heteroatoms. The molecular formula is C15H19FN4OS. The molecule has 118 valence electrons. The Morgan fingerprint density at radius 2 is 2.09 bits per heavy atom. The molecule has 1 fully saturated rings. The number of halogens is 1. The van der Waals surface area contributed by atoms with E-state index in [0.29, 0.717) is 10.9 Å². The molecule has 0 bridgehead atoms. The van der Waals surface area contributed by atoms with Gasteiger partial charge < -0.3 is 15.4 Å². The molecule has 2 aromatic rings. The summed E-state index contributed by atoms with van der Waals surface area (Å²) in [5.41, 5.74) is 6.66. The molecule has 1 aromatic carbocycles. The molecule has 5 nitrogen and oxygen atoms in total. The van der Waals surface area contributed by atoms with Crippen LogP contribution in [0.3, 0.4) is 0 Å². The zero-order chi connectivity index (χ0) is 15.5. The van der Waals surface area contributed by atoms with Crippen molar-refractivity contribution in [3.8, 4) is 5.75 Å². The lowest BCUT2D eigenvalue weighted by molar-refractivity contribution is 0.251. The van der Waals surface area contributed by atoms with Gasteiger partial charge in [-0.25, -0.2) is 9.37 Å². The average molecular weight is 322 g/mol. The largest absolute Gasteiger partial charge is 0.494 e. The number of piperazine rings is 1. The topological polar surface area (TPSA) is 54.6 Å². The van der Waals surface area contributed by atoms with Crippen LogP contribution >= 0.6 is 11.3 Å². The van der Waals surface area contributed by atoms with Gasteiger partial charge in [0, 0.05) is 55.6 Å². The number of hydrogen-bond donors (Lipinski definition) is 1. The first-order chi connectivity index (χ1) is 10.7. The maximum Gasteiger partial charge on any atom is 0.180 e. The molecular weight excluding hydrogens is 303 g/mol. The number of aromatic nitrogens is 1. The molecule has 3 rings (SSSR count). The van der Waals surface area contributed by atoms with Gasteiger partial charge in [-0.05, 0) is 12.1 Å². The highest BCUT2D eigenvalue weighted by Crippen LogP contribution is 2.25. The van der Waals surface area contributed by atoms with E-state index in [9.17, 15) is 4.39 Å². The van der Waals surface area contributed by atoms with E-state index < -0.39 is 0 Å². The van der Waals surface area contributed by atoms with Gasteiger partial charge in [-0.1, -0.05) is 0 Å². The van der Waals surface area contributed by atoms with E-state index in [1.54, 1.807) is 12.1 Å². The maximum absolute atomic E-state index is 13.5. The van der Waals surface area contributed by atoms with Crippen molar-refractivity contribution in [3.05, 3.63) is 35.1 Å². The SMILES string of the molecule is COc1cc(N2CCN(Cc3cnc(N)s3)CC2)ccc1F. The quantitative estimate of drug-likeness (QED) is 0.935. The van der Waals surface area contributed by atoms with Gasteiger partial charge in [-0.3, -0.25) is 4.90 Å². The number of anilines is 2. The van der Waals surface area contributed by atoms with Crippen LogP contribution < -0.4 is 15.4 Å². The van der Waals surface area contributed by atoms with Gasteiger partial charge in [0.1, 0.15) is 0 Å². The van der Waals surface area contributed by atoms with E-state index in [1.165, 1.54) is 29.4 Å². The minimum Gasteiger partial charge on any atom is -0.494 e. The summed E-state index contributed by atoms with van der Waals surface area (Å²) in [5.74, 6) is -0.0345. The van der Waals surface area contributed by atoms with Crippen molar-refractivity contribution in [3.63, 3.8) is 0 Å². The molecule has 2 heterocycles. The van der Waals surface area contributed by atoms with Crippen LogP contribution in [0.4, 0.5) is 15.2 Å². The molecule has 0 saturated carbocycles. The van der Waals surface area contributed by atoms with E-state index in [2.05, 4.69) is 14.8 Å². The smallest absolute Gasteiger partial charge is 0.180 e. The molecule has 0 radical (unpaired) electrons. The molecule has 0 aliphatic carbocycles. The molecule has 22 heavy (non-hydrogen) atoms. The number of ether oxygens (including phenoxy) is 1. The summed E-state index contributed by atoms with van der Waals surface area (Å²) in [6.07, 6.45) is 1.84. The van der Waals surface area contributed by atoms with Gasteiger partial charge in [-0.2, -0.15) is 0 Å². The molecule has 1 aliphatic heterocycles. The lowest BCUT2D eigenvalue weighted by Gasteiger charge is -2.36. The minimum atomic E-state index is -0.326. The van der Waals surface area contributed by atoms with Crippen molar-refractivity contribution in [2.24, 2.45) is 0 Å². The number of rotatable bonds is 4. The second-order valence-corrected chi connectivity index (χ2v) is 6.39. The predicted molar refractivity (Wildman–Crippen MR) is 87.0 cm³/mol. The Kier molecular flexibility index (Phi) is 4.44. The first-order valence-corrected chi connectivity index (χ1v) is 7.98. The minimum absolute atomic E-state index is 0.292. The summed E-state index contributed by atoms with van der Waals surface area (Å²) >= 11 is 1.54. The lowest BCUT2D eigenvalue weighted by Crippen LogP contribution is -2.45. The van der Waals surface area contributed by atoms with Crippen molar-refractivity contribution in [1.29, 1.82) is 0 Å². The number of thiazole rings is 1. The van der Waals surface area contributed by atoms with E-state index >= 15 is 0 Å². The summed E-state index contributed by atoms with van der Waals surface area (Å²) in [7, 11) is 1.49. The molecule has 0 atom stereocenters. The third-order valence-electron chi connectivity index (χ3n) is 3.82. The van der Waals surface area contributed by atoms with E-state index in [0.717, 1.165) is 38.4 Å². The Balaban J connectivity index is 1.59. The van der Waals surface area contributed by atoms with Gasteiger partial charge in [0.15, 0.2) is 16.7 Å². The third-order valence-corrected chi connectivity index (χ3v) is 4.63. The van der Waals surface area contributed by atoms with Crippen molar-refractivity contribution in [2.75, 3.05) is 43.9 Å². The molecule has 1 aromatic heterocycles. The van der Waals surface area contributed by atoms with E-state index in [1.807, 2.05) is 6.20 Å². The van der Waals surface area contributed by atoms with Gasteiger partial charge in [-0.15, -0.1) is 11.3 Å². The first-order valence-electron chi connectivity index (χ1n) is 7.17. The zero-order valence-electron chi connectivity index (χ0n) is 12.5.